The van der Waals surface area contributed by atoms with E-state index in [4.69, 9.17) is 16.1 Å². The highest BCUT2D eigenvalue weighted by Gasteiger charge is 2.16. The van der Waals surface area contributed by atoms with Crippen LogP contribution in [0.15, 0.2) is 22.9 Å². The molecule has 0 aliphatic rings. The molecule has 0 saturated heterocycles. The van der Waals surface area contributed by atoms with Gasteiger partial charge >= 0.3 is 0 Å². The Kier molecular flexibility index (Phi) is 3.71. The van der Waals surface area contributed by atoms with Crippen LogP contribution in [0.25, 0.3) is 11.5 Å². The van der Waals surface area contributed by atoms with Crippen LogP contribution in [0, 0.1) is 0 Å². The molecule has 0 saturated carbocycles. The lowest BCUT2D eigenvalue weighted by Gasteiger charge is -2.06. The molecule has 0 spiro atoms. The molecule has 5 nitrogen and oxygen atoms in total. The van der Waals surface area contributed by atoms with Gasteiger partial charge in [0, 0.05) is 6.20 Å². The second kappa shape index (κ2) is 5.25. The minimum atomic E-state index is 0.0727. The molecule has 2 aromatic rings. The van der Waals surface area contributed by atoms with E-state index in [0.29, 0.717) is 22.4 Å². The van der Waals surface area contributed by atoms with Crippen LogP contribution in [0.1, 0.15) is 25.3 Å². The predicted octanol–water partition coefficient (Wildman–Crippen LogP) is 2.46. The molecule has 0 amide bonds. The molecular formula is C11H13ClN4O. The van der Waals surface area contributed by atoms with Gasteiger partial charge in [-0.05, 0) is 25.6 Å². The largest absolute Gasteiger partial charge is 0.337 e. The minimum absolute atomic E-state index is 0.0727. The van der Waals surface area contributed by atoms with Crippen LogP contribution in [-0.4, -0.2) is 22.2 Å². The Hall–Kier alpha value is -1.46. The summed E-state index contributed by atoms with van der Waals surface area (Å²) < 4.78 is 5.20. The summed E-state index contributed by atoms with van der Waals surface area (Å²) in [5, 5.41) is 7.59. The van der Waals surface area contributed by atoms with E-state index in [1.807, 2.05) is 14.0 Å². The first-order valence-corrected chi connectivity index (χ1v) is 5.75. The minimum Gasteiger partial charge on any atom is -0.337 e. The van der Waals surface area contributed by atoms with E-state index in [1.165, 1.54) is 0 Å². The fraction of sp³-hybridized carbons (Fsp3) is 0.364. The van der Waals surface area contributed by atoms with Crippen molar-refractivity contribution in [3.63, 3.8) is 0 Å². The third-order valence-electron chi connectivity index (χ3n) is 2.45. The van der Waals surface area contributed by atoms with Crippen molar-refractivity contribution < 1.29 is 4.52 Å². The van der Waals surface area contributed by atoms with Gasteiger partial charge in [0.15, 0.2) is 0 Å². The predicted molar refractivity (Wildman–Crippen MR) is 64.6 cm³/mol. The van der Waals surface area contributed by atoms with Crippen molar-refractivity contribution in [2.75, 3.05) is 7.05 Å². The maximum absolute atomic E-state index is 5.76. The number of pyridine rings is 1. The summed E-state index contributed by atoms with van der Waals surface area (Å²) in [5.74, 6) is 1.05. The first-order valence-electron chi connectivity index (χ1n) is 5.37. The molecule has 2 aromatic heterocycles. The van der Waals surface area contributed by atoms with E-state index in [-0.39, 0.29) is 6.04 Å². The van der Waals surface area contributed by atoms with Gasteiger partial charge < -0.3 is 9.84 Å². The molecular weight excluding hydrogens is 240 g/mol. The zero-order valence-corrected chi connectivity index (χ0v) is 10.4. The van der Waals surface area contributed by atoms with Gasteiger partial charge in [0.25, 0.3) is 0 Å². The zero-order chi connectivity index (χ0) is 12.3. The lowest BCUT2D eigenvalue weighted by molar-refractivity contribution is 0.334. The van der Waals surface area contributed by atoms with E-state index < -0.39 is 0 Å². The Labute approximate surface area is 104 Å². The van der Waals surface area contributed by atoms with Crippen molar-refractivity contribution in [2.24, 2.45) is 0 Å². The van der Waals surface area contributed by atoms with Crippen molar-refractivity contribution in [1.29, 1.82) is 0 Å². The second-order valence-corrected chi connectivity index (χ2v) is 4.00. The second-order valence-electron chi connectivity index (χ2n) is 3.57. The molecule has 0 aliphatic carbocycles. The molecule has 0 aliphatic heterocycles. The SMILES string of the molecule is CCC(NC)c1nc(-c2ccc(Cl)cn2)no1. The molecule has 2 heterocycles. The van der Waals surface area contributed by atoms with Gasteiger partial charge in [-0.15, -0.1) is 0 Å². The standard InChI is InChI=1S/C11H13ClN4O/c1-3-8(13-2)11-15-10(16-17-11)9-5-4-7(12)6-14-9/h4-6,8,13H,3H2,1-2H3. The maximum atomic E-state index is 5.76. The van der Waals surface area contributed by atoms with Gasteiger partial charge in [-0.1, -0.05) is 23.7 Å². The molecule has 17 heavy (non-hydrogen) atoms. The summed E-state index contributed by atoms with van der Waals surface area (Å²) >= 11 is 5.76. The molecule has 2 rings (SSSR count). The van der Waals surface area contributed by atoms with Gasteiger partial charge in [0.1, 0.15) is 5.69 Å². The molecule has 0 fully saturated rings. The van der Waals surface area contributed by atoms with Crippen LogP contribution in [0.5, 0.6) is 0 Å². The van der Waals surface area contributed by atoms with E-state index in [9.17, 15) is 0 Å². The molecule has 0 radical (unpaired) electrons. The maximum Gasteiger partial charge on any atom is 0.244 e. The Bertz CT molecular complexity index is 478. The molecule has 90 valence electrons. The fourth-order valence-corrected chi connectivity index (χ4v) is 1.60. The first kappa shape index (κ1) is 12.0. The van der Waals surface area contributed by atoms with E-state index >= 15 is 0 Å². The molecule has 0 aromatic carbocycles. The highest BCUT2D eigenvalue weighted by Crippen LogP contribution is 2.19. The van der Waals surface area contributed by atoms with Crippen molar-refractivity contribution in [3.8, 4) is 11.5 Å². The highest BCUT2D eigenvalue weighted by atomic mass is 35.5. The smallest absolute Gasteiger partial charge is 0.244 e. The summed E-state index contributed by atoms with van der Waals surface area (Å²) in [4.78, 5) is 8.44. The number of nitrogens with one attached hydrogen (secondary N) is 1. The Morgan fingerprint density at radius 3 is 2.88 bits per heavy atom. The lowest BCUT2D eigenvalue weighted by Crippen LogP contribution is -2.15. The molecule has 1 unspecified atom stereocenters. The topological polar surface area (TPSA) is 63.8 Å². The Balaban J connectivity index is 2.26. The van der Waals surface area contributed by atoms with E-state index in [2.05, 4.69) is 20.4 Å². The third-order valence-corrected chi connectivity index (χ3v) is 2.68. The average Bonchev–Trinajstić information content (AvgIpc) is 2.81. The number of nitrogens with zero attached hydrogens (tertiary/aromatic N) is 3. The van der Waals surface area contributed by atoms with Crippen LogP contribution >= 0.6 is 11.6 Å². The monoisotopic (exact) mass is 252 g/mol. The molecule has 6 heteroatoms. The summed E-state index contributed by atoms with van der Waals surface area (Å²) in [6.07, 6.45) is 2.44. The van der Waals surface area contributed by atoms with Crippen LogP contribution in [0.4, 0.5) is 0 Å². The van der Waals surface area contributed by atoms with E-state index in [0.717, 1.165) is 6.42 Å². The van der Waals surface area contributed by atoms with Crippen LogP contribution in [-0.2, 0) is 0 Å². The quantitative estimate of drug-likeness (QED) is 0.906. The fourth-order valence-electron chi connectivity index (χ4n) is 1.49. The highest BCUT2D eigenvalue weighted by molar-refractivity contribution is 6.30. The molecule has 0 bridgehead atoms. The average molecular weight is 253 g/mol. The first-order chi connectivity index (χ1) is 8.24. The van der Waals surface area contributed by atoms with E-state index in [1.54, 1.807) is 18.3 Å². The van der Waals surface area contributed by atoms with Crippen molar-refractivity contribution in [2.45, 2.75) is 19.4 Å². The van der Waals surface area contributed by atoms with Crippen molar-refractivity contribution in [3.05, 3.63) is 29.2 Å². The Morgan fingerprint density at radius 1 is 1.47 bits per heavy atom. The lowest BCUT2D eigenvalue weighted by atomic mass is 10.2. The van der Waals surface area contributed by atoms with Crippen LogP contribution < -0.4 is 5.32 Å². The molecule has 1 N–H and O–H groups in total. The third kappa shape index (κ3) is 2.62. The number of aromatic nitrogens is 3. The van der Waals surface area contributed by atoms with Crippen LogP contribution in [0.2, 0.25) is 5.02 Å². The van der Waals surface area contributed by atoms with Crippen LogP contribution in [0.3, 0.4) is 0 Å². The van der Waals surface area contributed by atoms with Gasteiger partial charge in [0.2, 0.25) is 11.7 Å². The molecule has 1 atom stereocenters. The van der Waals surface area contributed by atoms with Crippen molar-refractivity contribution >= 4 is 11.6 Å². The van der Waals surface area contributed by atoms with Gasteiger partial charge in [0.05, 0.1) is 11.1 Å². The zero-order valence-electron chi connectivity index (χ0n) is 9.64. The Morgan fingerprint density at radius 2 is 2.29 bits per heavy atom. The summed E-state index contributed by atoms with van der Waals surface area (Å²) in [7, 11) is 1.86. The van der Waals surface area contributed by atoms with Crippen molar-refractivity contribution in [1.82, 2.24) is 20.4 Å². The number of halogens is 1. The number of hydrogen-bond acceptors (Lipinski definition) is 5. The summed E-state index contributed by atoms with van der Waals surface area (Å²) in [5.41, 5.74) is 0.648. The van der Waals surface area contributed by atoms with Gasteiger partial charge in [-0.2, -0.15) is 4.98 Å². The van der Waals surface area contributed by atoms with Gasteiger partial charge in [-0.25, -0.2) is 0 Å². The summed E-state index contributed by atoms with van der Waals surface area (Å²) in [6.45, 7) is 2.05. The summed E-state index contributed by atoms with van der Waals surface area (Å²) in [6, 6.07) is 3.58. The normalized spacial score (nSPS) is 12.6. The number of hydrogen-bond donors (Lipinski definition) is 1. The van der Waals surface area contributed by atoms with Gasteiger partial charge in [-0.3, -0.25) is 4.98 Å². The number of rotatable bonds is 4.